The van der Waals surface area contributed by atoms with E-state index in [2.05, 4.69) is 5.32 Å². The molecule has 0 aliphatic heterocycles. The Balaban J connectivity index is 2.23. The van der Waals surface area contributed by atoms with Gasteiger partial charge in [0.05, 0.1) is 11.8 Å². The molecule has 100 valence electrons. The van der Waals surface area contributed by atoms with Crippen molar-refractivity contribution in [2.45, 2.75) is 25.9 Å². The Hall–Kier alpha value is -1.75. The van der Waals surface area contributed by atoms with Crippen molar-refractivity contribution in [2.75, 3.05) is 18.9 Å². The van der Waals surface area contributed by atoms with Gasteiger partial charge in [-0.3, -0.25) is 4.79 Å². The quantitative estimate of drug-likeness (QED) is 0.630. The zero-order valence-electron chi connectivity index (χ0n) is 10.6. The average molecular weight is 252 g/mol. The highest BCUT2D eigenvalue weighted by atomic mass is 16.5. The summed E-state index contributed by atoms with van der Waals surface area (Å²) >= 11 is 0. The van der Waals surface area contributed by atoms with Gasteiger partial charge in [-0.15, -0.1) is 0 Å². The Morgan fingerprint density at radius 3 is 2.89 bits per heavy atom. The van der Waals surface area contributed by atoms with Gasteiger partial charge in [0.15, 0.2) is 6.61 Å². The zero-order chi connectivity index (χ0) is 13.4. The Labute approximate surface area is 107 Å². The Morgan fingerprint density at radius 1 is 1.50 bits per heavy atom. The zero-order valence-corrected chi connectivity index (χ0v) is 10.6. The predicted octanol–water partition coefficient (Wildman–Crippen LogP) is 0.925. The molecule has 0 aliphatic carbocycles. The maximum Gasteiger partial charge on any atom is 0.257 e. The summed E-state index contributed by atoms with van der Waals surface area (Å²) in [5.74, 6) is 0.280. The van der Waals surface area contributed by atoms with Crippen molar-refractivity contribution in [1.82, 2.24) is 5.32 Å². The molecule has 1 aromatic rings. The van der Waals surface area contributed by atoms with Gasteiger partial charge in [0.2, 0.25) is 0 Å². The first kappa shape index (κ1) is 14.3. The highest BCUT2D eigenvalue weighted by Gasteiger charge is 2.05. The van der Waals surface area contributed by atoms with E-state index in [9.17, 15) is 9.90 Å². The number of aliphatic hydroxyl groups excluding tert-OH is 1. The van der Waals surface area contributed by atoms with Crippen LogP contribution in [0.3, 0.4) is 0 Å². The lowest BCUT2D eigenvalue weighted by Gasteiger charge is -2.10. The van der Waals surface area contributed by atoms with Crippen LogP contribution in [0, 0.1) is 0 Å². The Bertz CT molecular complexity index is 382. The van der Waals surface area contributed by atoms with E-state index in [1.54, 1.807) is 24.3 Å². The number of para-hydroxylation sites is 2. The minimum Gasteiger partial charge on any atom is -0.482 e. The molecule has 0 saturated carbocycles. The fraction of sp³-hybridized carbons (Fsp3) is 0.462. The first-order chi connectivity index (χ1) is 8.63. The minimum atomic E-state index is -0.365. The number of hydrogen-bond donors (Lipinski definition) is 3. The SMILES string of the molecule is CCC(O)CCNC(=O)COc1ccccc1N. The second-order valence-corrected chi connectivity index (χ2v) is 4.03. The number of ether oxygens (including phenoxy) is 1. The summed E-state index contributed by atoms with van der Waals surface area (Å²) in [5.41, 5.74) is 6.18. The molecule has 0 aliphatic rings. The lowest BCUT2D eigenvalue weighted by atomic mass is 10.2. The van der Waals surface area contributed by atoms with Gasteiger partial charge in [-0.25, -0.2) is 0 Å². The summed E-state index contributed by atoms with van der Waals surface area (Å²) in [6, 6.07) is 7.02. The normalized spacial score (nSPS) is 11.9. The number of amides is 1. The Kier molecular flexibility index (Phi) is 6.00. The molecule has 1 rings (SSSR count). The van der Waals surface area contributed by atoms with Gasteiger partial charge in [0, 0.05) is 6.54 Å². The molecule has 1 amide bonds. The van der Waals surface area contributed by atoms with Crippen LogP contribution < -0.4 is 15.8 Å². The molecule has 0 heterocycles. The molecular weight excluding hydrogens is 232 g/mol. The van der Waals surface area contributed by atoms with E-state index in [4.69, 9.17) is 10.5 Å². The molecule has 5 heteroatoms. The number of anilines is 1. The molecule has 5 nitrogen and oxygen atoms in total. The van der Waals surface area contributed by atoms with Crippen LogP contribution in [0.1, 0.15) is 19.8 Å². The van der Waals surface area contributed by atoms with Crippen LogP contribution in [-0.4, -0.2) is 30.3 Å². The van der Waals surface area contributed by atoms with E-state index < -0.39 is 0 Å². The molecule has 1 aromatic carbocycles. The van der Waals surface area contributed by atoms with Crippen molar-refractivity contribution in [2.24, 2.45) is 0 Å². The molecule has 18 heavy (non-hydrogen) atoms. The summed E-state index contributed by atoms with van der Waals surface area (Å²) in [6.45, 7) is 2.27. The van der Waals surface area contributed by atoms with Gasteiger partial charge in [-0.2, -0.15) is 0 Å². The van der Waals surface area contributed by atoms with Gasteiger partial charge in [0.25, 0.3) is 5.91 Å². The fourth-order valence-corrected chi connectivity index (χ4v) is 1.39. The van der Waals surface area contributed by atoms with Gasteiger partial charge < -0.3 is 20.9 Å². The molecule has 0 radical (unpaired) electrons. The molecule has 1 unspecified atom stereocenters. The summed E-state index contributed by atoms with van der Waals surface area (Å²) < 4.78 is 5.28. The minimum absolute atomic E-state index is 0.0730. The maximum atomic E-state index is 11.4. The van der Waals surface area contributed by atoms with Crippen LogP contribution >= 0.6 is 0 Å². The van der Waals surface area contributed by atoms with Crippen molar-refractivity contribution in [1.29, 1.82) is 0 Å². The smallest absolute Gasteiger partial charge is 0.257 e. The lowest BCUT2D eigenvalue weighted by Crippen LogP contribution is -2.31. The van der Waals surface area contributed by atoms with Gasteiger partial charge in [-0.1, -0.05) is 19.1 Å². The number of aliphatic hydroxyl groups is 1. The second-order valence-electron chi connectivity index (χ2n) is 4.03. The first-order valence-corrected chi connectivity index (χ1v) is 6.05. The molecule has 4 N–H and O–H groups in total. The third-order valence-corrected chi connectivity index (χ3v) is 2.55. The van der Waals surface area contributed by atoms with Crippen LogP contribution in [0.15, 0.2) is 24.3 Å². The topological polar surface area (TPSA) is 84.6 Å². The van der Waals surface area contributed by atoms with Crippen molar-refractivity contribution in [3.63, 3.8) is 0 Å². The standard InChI is InChI=1S/C13H20N2O3/c1-2-10(16)7-8-15-13(17)9-18-12-6-4-3-5-11(12)14/h3-6,10,16H,2,7-9,14H2,1H3,(H,15,17). The van der Waals surface area contributed by atoms with Crippen LogP contribution in [0.25, 0.3) is 0 Å². The van der Waals surface area contributed by atoms with Crippen molar-refractivity contribution in [3.8, 4) is 5.75 Å². The summed E-state index contributed by atoms with van der Waals surface area (Å²) in [6.07, 6.45) is 0.874. The summed E-state index contributed by atoms with van der Waals surface area (Å²) in [7, 11) is 0. The summed E-state index contributed by atoms with van der Waals surface area (Å²) in [5, 5.41) is 12.0. The number of rotatable bonds is 7. The summed E-state index contributed by atoms with van der Waals surface area (Å²) in [4.78, 5) is 11.4. The average Bonchev–Trinajstić information content (AvgIpc) is 2.37. The third kappa shape index (κ3) is 5.05. The van der Waals surface area contributed by atoms with Crippen LogP contribution in [0.4, 0.5) is 5.69 Å². The van der Waals surface area contributed by atoms with Crippen LogP contribution in [-0.2, 0) is 4.79 Å². The van der Waals surface area contributed by atoms with E-state index in [0.717, 1.165) is 0 Å². The number of hydrogen-bond acceptors (Lipinski definition) is 4. The molecule has 0 bridgehead atoms. The van der Waals surface area contributed by atoms with Crippen LogP contribution in [0.2, 0.25) is 0 Å². The van der Waals surface area contributed by atoms with E-state index >= 15 is 0 Å². The van der Waals surface area contributed by atoms with Crippen molar-refractivity contribution < 1.29 is 14.6 Å². The molecular formula is C13H20N2O3. The predicted molar refractivity (Wildman–Crippen MR) is 70.3 cm³/mol. The molecule has 0 spiro atoms. The maximum absolute atomic E-state index is 11.4. The van der Waals surface area contributed by atoms with E-state index in [-0.39, 0.29) is 18.6 Å². The molecule has 0 aromatic heterocycles. The van der Waals surface area contributed by atoms with Gasteiger partial charge >= 0.3 is 0 Å². The monoisotopic (exact) mass is 252 g/mol. The number of nitrogens with one attached hydrogen (secondary N) is 1. The largest absolute Gasteiger partial charge is 0.482 e. The highest BCUT2D eigenvalue weighted by molar-refractivity contribution is 5.77. The first-order valence-electron chi connectivity index (χ1n) is 6.05. The molecule has 0 fully saturated rings. The van der Waals surface area contributed by atoms with E-state index in [1.807, 2.05) is 6.92 Å². The van der Waals surface area contributed by atoms with Crippen molar-refractivity contribution in [3.05, 3.63) is 24.3 Å². The van der Waals surface area contributed by atoms with Crippen molar-refractivity contribution >= 4 is 11.6 Å². The number of benzene rings is 1. The number of carbonyl (C=O) groups is 1. The number of nitrogens with two attached hydrogens (primary N) is 1. The van der Waals surface area contributed by atoms with Gasteiger partial charge in [0.1, 0.15) is 5.75 Å². The van der Waals surface area contributed by atoms with E-state index in [1.165, 1.54) is 0 Å². The highest BCUT2D eigenvalue weighted by Crippen LogP contribution is 2.19. The fourth-order valence-electron chi connectivity index (χ4n) is 1.39. The lowest BCUT2D eigenvalue weighted by molar-refractivity contribution is -0.123. The second kappa shape index (κ2) is 7.55. The van der Waals surface area contributed by atoms with E-state index in [0.29, 0.717) is 30.8 Å². The molecule has 1 atom stereocenters. The number of carbonyl (C=O) groups excluding carboxylic acids is 1. The van der Waals surface area contributed by atoms with Crippen LogP contribution in [0.5, 0.6) is 5.75 Å². The molecule has 0 saturated heterocycles. The van der Waals surface area contributed by atoms with Gasteiger partial charge in [-0.05, 0) is 25.0 Å². The number of nitrogen functional groups attached to an aromatic ring is 1. The Morgan fingerprint density at radius 2 is 2.22 bits per heavy atom. The third-order valence-electron chi connectivity index (χ3n) is 2.55.